The van der Waals surface area contributed by atoms with Crippen LogP contribution in [0.5, 0.6) is 11.5 Å². The molecule has 0 aliphatic carbocycles. The maximum absolute atomic E-state index is 10.3. The molecule has 4 aliphatic heterocycles. The molecule has 0 saturated carbocycles. The maximum Gasteiger partial charge on any atom is 0.166 e. The van der Waals surface area contributed by atoms with Gasteiger partial charge < -0.3 is 9.84 Å². The van der Waals surface area contributed by atoms with Crippen LogP contribution < -0.4 is 4.74 Å². The minimum absolute atomic E-state index is 0.0656. The predicted molar refractivity (Wildman–Crippen MR) is 112 cm³/mol. The Kier molecular flexibility index (Phi) is 4.58. The maximum atomic E-state index is 10.3. The molecule has 2 aromatic carbocycles. The molecule has 6 rings (SSSR count). The van der Waals surface area contributed by atoms with E-state index in [9.17, 15) is 5.11 Å². The molecular weight excluding hydrogens is 366 g/mol. The van der Waals surface area contributed by atoms with Crippen LogP contribution in [0.2, 0.25) is 0 Å². The number of rotatable bonds is 5. The zero-order chi connectivity index (χ0) is 19.8. The van der Waals surface area contributed by atoms with Crippen molar-refractivity contribution in [2.75, 3.05) is 46.8 Å². The molecule has 29 heavy (non-hydrogen) atoms. The van der Waals surface area contributed by atoms with Crippen molar-refractivity contribution in [1.82, 2.24) is 14.7 Å². The van der Waals surface area contributed by atoms with E-state index in [0.29, 0.717) is 11.3 Å². The van der Waals surface area contributed by atoms with Crippen molar-refractivity contribution in [2.24, 2.45) is 15.6 Å². The van der Waals surface area contributed by atoms with Gasteiger partial charge in [-0.15, -0.1) is 0 Å². The number of aromatic hydroxyl groups is 1. The summed E-state index contributed by atoms with van der Waals surface area (Å²) in [6, 6.07) is 15.7. The minimum atomic E-state index is -0.0656. The van der Waals surface area contributed by atoms with Crippen LogP contribution in [0.3, 0.4) is 0 Å². The quantitative estimate of drug-likeness (QED) is 0.624. The summed E-state index contributed by atoms with van der Waals surface area (Å²) in [5, 5.41) is 19.4. The van der Waals surface area contributed by atoms with E-state index in [1.807, 2.05) is 24.3 Å². The fourth-order valence-corrected chi connectivity index (χ4v) is 4.96. The molecule has 4 heterocycles. The van der Waals surface area contributed by atoms with E-state index in [-0.39, 0.29) is 11.2 Å². The van der Waals surface area contributed by atoms with Crippen LogP contribution in [-0.2, 0) is 0 Å². The van der Waals surface area contributed by atoms with Crippen LogP contribution in [0.4, 0.5) is 0 Å². The van der Waals surface area contributed by atoms with Gasteiger partial charge in [0.05, 0.1) is 44.5 Å². The number of phenolic OH excluding ortho intramolecular Hbond substituents is 1. The predicted octanol–water partition coefficient (Wildman–Crippen LogP) is 2.03. The molecule has 0 unspecified atom stereocenters. The number of methoxy groups -OCH3 is 1. The first-order valence-electron chi connectivity index (χ1n) is 9.87. The first-order chi connectivity index (χ1) is 14.2. The molecule has 2 aromatic rings. The number of ether oxygens (including phenoxy) is 1. The summed E-state index contributed by atoms with van der Waals surface area (Å²) in [6.45, 7) is 6.07. The average Bonchev–Trinajstić information content (AvgIpc) is 2.72. The lowest BCUT2D eigenvalue weighted by molar-refractivity contribution is -0.149. The lowest BCUT2D eigenvalue weighted by atomic mass is 9.74. The Morgan fingerprint density at radius 2 is 1.62 bits per heavy atom. The Hall–Kier alpha value is -2.74. The summed E-state index contributed by atoms with van der Waals surface area (Å²) in [6.07, 6.45) is 1.60. The second-order valence-corrected chi connectivity index (χ2v) is 8.15. The molecule has 4 fully saturated rings. The van der Waals surface area contributed by atoms with E-state index < -0.39 is 0 Å². The van der Waals surface area contributed by atoms with Gasteiger partial charge in [-0.1, -0.05) is 36.4 Å². The van der Waals surface area contributed by atoms with Gasteiger partial charge in [0.2, 0.25) is 0 Å². The summed E-state index contributed by atoms with van der Waals surface area (Å²) >= 11 is 0. The minimum Gasteiger partial charge on any atom is -0.504 e. The summed E-state index contributed by atoms with van der Waals surface area (Å²) in [7, 11) is 1.54. The normalized spacial score (nSPS) is 30.8. The van der Waals surface area contributed by atoms with Crippen LogP contribution in [0.15, 0.2) is 58.7 Å². The monoisotopic (exact) mass is 391 g/mol. The largest absolute Gasteiger partial charge is 0.504 e. The average molecular weight is 391 g/mol. The van der Waals surface area contributed by atoms with Gasteiger partial charge in [0.25, 0.3) is 0 Å². The van der Waals surface area contributed by atoms with Gasteiger partial charge in [0.1, 0.15) is 0 Å². The molecule has 0 atom stereocenters. The van der Waals surface area contributed by atoms with Crippen molar-refractivity contribution in [3.8, 4) is 11.5 Å². The first-order valence-corrected chi connectivity index (χ1v) is 9.87. The summed E-state index contributed by atoms with van der Waals surface area (Å²) in [5.41, 5.74) is 2.63. The van der Waals surface area contributed by atoms with Crippen LogP contribution in [-0.4, -0.2) is 78.5 Å². The van der Waals surface area contributed by atoms with Crippen molar-refractivity contribution < 1.29 is 9.84 Å². The number of phenols is 1. The van der Waals surface area contributed by atoms with Crippen LogP contribution in [0, 0.1) is 5.41 Å². The van der Waals surface area contributed by atoms with E-state index in [1.54, 1.807) is 18.3 Å². The van der Waals surface area contributed by atoms with Gasteiger partial charge in [-0.2, -0.15) is 10.2 Å². The van der Waals surface area contributed by atoms with Gasteiger partial charge in [0, 0.05) is 25.2 Å². The second-order valence-electron chi connectivity index (χ2n) is 8.15. The molecular formula is C22H25N5O2. The van der Waals surface area contributed by atoms with Crippen molar-refractivity contribution in [1.29, 1.82) is 0 Å². The number of benzene rings is 2. The highest BCUT2D eigenvalue weighted by molar-refractivity contribution is 6.05. The highest BCUT2D eigenvalue weighted by atomic mass is 16.5. The van der Waals surface area contributed by atoms with Gasteiger partial charge in [-0.3, -0.25) is 14.7 Å². The molecule has 1 N–H and O–H groups in total. The third-order valence-electron chi connectivity index (χ3n) is 5.93. The van der Waals surface area contributed by atoms with Gasteiger partial charge >= 0.3 is 0 Å². The van der Waals surface area contributed by atoms with E-state index in [4.69, 9.17) is 9.84 Å². The SMILES string of the molecule is COc1cccc(/C=N/N=C(/c2ccccc2)C23CN4CN(CN(C4)C2)C3)c1O. The summed E-state index contributed by atoms with van der Waals surface area (Å²) in [5.74, 6) is 0.504. The number of hydrogen-bond donors (Lipinski definition) is 1. The standard InChI is InChI=1S/C22H25N5O2/c1-29-19-9-5-8-18(20(19)28)10-23-24-21(17-6-3-2-4-7-17)22-11-25-14-26(12-22)16-27(13-22)15-25/h2-10,28H,11-16H2,1H3/b23-10+,24-21-. The number of para-hydroxylation sites is 1. The molecule has 7 nitrogen and oxygen atoms in total. The fraction of sp³-hybridized carbons (Fsp3) is 0.364. The second kappa shape index (κ2) is 7.26. The highest BCUT2D eigenvalue weighted by Crippen LogP contribution is 2.38. The third kappa shape index (κ3) is 3.31. The van der Waals surface area contributed by atoms with Crippen molar-refractivity contribution in [2.45, 2.75) is 0 Å². The van der Waals surface area contributed by atoms with Gasteiger partial charge in [0.15, 0.2) is 11.5 Å². The summed E-state index contributed by atoms with van der Waals surface area (Å²) < 4.78 is 5.18. The third-order valence-corrected chi connectivity index (χ3v) is 5.93. The first kappa shape index (κ1) is 18.3. The molecule has 0 radical (unpaired) electrons. The Bertz CT molecular complexity index is 922. The van der Waals surface area contributed by atoms with Gasteiger partial charge in [-0.05, 0) is 17.7 Å². The molecule has 150 valence electrons. The van der Waals surface area contributed by atoms with Crippen LogP contribution in [0.1, 0.15) is 11.1 Å². The number of hydrogen-bond acceptors (Lipinski definition) is 7. The fourth-order valence-electron chi connectivity index (χ4n) is 4.96. The Labute approximate surface area is 170 Å². The molecule has 0 amide bonds. The van der Waals surface area contributed by atoms with Crippen LogP contribution in [0.25, 0.3) is 0 Å². The Morgan fingerprint density at radius 1 is 0.966 bits per heavy atom. The topological polar surface area (TPSA) is 63.9 Å². The highest BCUT2D eigenvalue weighted by Gasteiger charge is 2.51. The molecule has 0 spiro atoms. The van der Waals surface area contributed by atoms with Gasteiger partial charge in [-0.25, -0.2) is 0 Å². The zero-order valence-electron chi connectivity index (χ0n) is 16.5. The summed E-state index contributed by atoms with van der Waals surface area (Å²) in [4.78, 5) is 7.44. The lowest BCUT2D eigenvalue weighted by Crippen LogP contribution is -2.74. The lowest BCUT2D eigenvalue weighted by Gasteiger charge is -2.60. The smallest absolute Gasteiger partial charge is 0.166 e. The van der Waals surface area contributed by atoms with E-state index in [2.05, 4.69) is 31.9 Å². The van der Waals surface area contributed by atoms with Crippen molar-refractivity contribution in [3.63, 3.8) is 0 Å². The van der Waals surface area contributed by atoms with E-state index in [0.717, 1.165) is 50.9 Å². The van der Waals surface area contributed by atoms with Crippen molar-refractivity contribution >= 4 is 11.9 Å². The molecule has 7 heteroatoms. The molecule has 0 aromatic heterocycles. The van der Waals surface area contributed by atoms with Crippen LogP contribution >= 0.6 is 0 Å². The molecule has 4 aliphatic rings. The molecule has 4 bridgehead atoms. The Morgan fingerprint density at radius 3 is 2.24 bits per heavy atom. The van der Waals surface area contributed by atoms with Crippen molar-refractivity contribution in [3.05, 3.63) is 59.7 Å². The van der Waals surface area contributed by atoms with E-state index >= 15 is 0 Å². The zero-order valence-corrected chi connectivity index (χ0v) is 16.5. The molecule has 4 saturated heterocycles. The van der Waals surface area contributed by atoms with E-state index in [1.165, 1.54) is 7.11 Å². The number of nitrogens with zero attached hydrogens (tertiary/aromatic N) is 5. The Balaban J connectivity index is 1.52.